The zero-order valence-electron chi connectivity index (χ0n) is 11.9. The Balaban J connectivity index is 2.04. The van der Waals surface area contributed by atoms with Gasteiger partial charge >= 0.3 is 5.97 Å². The Morgan fingerprint density at radius 1 is 1.29 bits per heavy atom. The maximum absolute atomic E-state index is 11.4. The van der Waals surface area contributed by atoms with E-state index in [0.717, 1.165) is 11.1 Å². The number of hydrogen-bond acceptors (Lipinski definition) is 5. The van der Waals surface area contributed by atoms with E-state index in [9.17, 15) is 4.79 Å². The number of esters is 1. The molecule has 0 fully saturated rings. The lowest BCUT2D eigenvalue weighted by Gasteiger charge is -2.14. The molecule has 2 rings (SSSR count). The topological polar surface area (TPSA) is 74.4 Å². The van der Waals surface area contributed by atoms with E-state index in [-0.39, 0.29) is 0 Å². The lowest BCUT2D eigenvalue weighted by Crippen LogP contribution is -2.33. The third-order valence-electron chi connectivity index (χ3n) is 3.03. The minimum absolute atomic E-state index is 0.371. The number of nitrogens with two attached hydrogens (primary N) is 1. The molecule has 1 aromatic heterocycles. The fourth-order valence-electron chi connectivity index (χ4n) is 1.93. The highest BCUT2D eigenvalue weighted by Gasteiger charge is 2.16. The third kappa shape index (κ3) is 4.29. The van der Waals surface area contributed by atoms with Crippen molar-refractivity contribution in [3.05, 3.63) is 59.9 Å². The zero-order chi connectivity index (χ0) is 15.1. The number of carbonyl (C=O) groups is 1. The van der Waals surface area contributed by atoms with E-state index in [2.05, 4.69) is 9.72 Å². The normalized spacial score (nSPS) is 11.7. The quantitative estimate of drug-likeness (QED) is 0.818. The van der Waals surface area contributed by atoms with Crippen molar-refractivity contribution in [2.75, 3.05) is 7.11 Å². The summed E-state index contributed by atoms with van der Waals surface area (Å²) in [5.74, 6) is 0.276. The van der Waals surface area contributed by atoms with E-state index in [4.69, 9.17) is 10.5 Å². The maximum atomic E-state index is 11.4. The summed E-state index contributed by atoms with van der Waals surface area (Å²) in [6, 6.07) is 10.6. The molecule has 1 heterocycles. The van der Waals surface area contributed by atoms with E-state index in [1.165, 1.54) is 7.11 Å². The van der Waals surface area contributed by atoms with Crippen molar-refractivity contribution in [1.29, 1.82) is 0 Å². The van der Waals surface area contributed by atoms with Gasteiger partial charge in [-0.1, -0.05) is 24.3 Å². The third-order valence-corrected chi connectivity index (χ3v) is 3.03. The molecular weight excluding hydrogens is 268 g/mol. The van der Waals surface area contributed by atoms with Crippen LogP contribution in [-0.2, 0) is 22.6 Å². The van der Waals surface area contributed by atoms with Crippen LogP contribution in [0, 0.1) is 0 Å². The molecule has 2 aromatic rings. The van der Waals surface area contributed by atoms with Gasteiger partial charge in [-0.15, -0.1) is 0 Å². The van der Waals surface area contributed by atoms with Gasteiger partial charge in [0, 0.05) is 24.4 Å². The van der Waals surface area contributed by atoms with Crippen LogP contribution >= 0.6 is 0 Å². The van der Waals surface area contributed by atoms with Gasteiger partial charge in [-0.3, -0.25) is 9.78 Å². The van der Waals surface area contributed by atoms with E-state index in [1.807, 2.05) is 36.4 Å². The van der Waals surface area contributed by atoms with Gasteiger partial charge < -0.3 is 15.2 Å². The summed E-state index contributed by atoms with van der Waals surface area (Å²) in [6.45, 7) is 0.415. The van der Waals surface area contributed by atoms with Crippen LogP contribution in [0.4, 0.5) is 0 Å². The van der Waals surface area contributed by atoms with Gasteiger partial charge in [-0.25, -0.2) is 0 Å². The fraction of sp³-hybridized carbons (Fsp3) is 0.250. The first-order valence-corrected chi connectivity index (χ1v) is 6.63. The van der Waals surface area contributed by atoms with Crippen molar-refractivity contribution >= 4 is 5.97 Å². The summed E-state index contributed by atoms with van der Waals surface area (Å²) in [4.78, 5) is 15.5. The highest BCUT2D eigenvalue weighted by molar-refractivity contribution is 5.75. The molecule has 110 valence electrons. The molecule has 1 aromatic carbocycles. The van der Waals surface area contributed by atoms with Crippen LogP contribution in [-0.4, -0.2) is 24.1 Å². The van der Waals surface area contributed by atoms with Gasteiger partial charge in [0.25, 0.3) is 0 Å². The van der Waals surface area contributed by atoms with Gasteiger partial charge in [-0.05, 0) is 17.7 Å². The number of nitrogens with zero attached hydrogens (tertiary/aromatic N) is 1. The van der Waals surface area contributed by atoms with Gasteiger partial charge in [0.05, 0.1) is 7.11 Å². The Bertz CT molecular complexity index is 587. The Labute approximate surface area is 123 Å². The second-order valence-corrected chi connectivity index (χ2v) is 4.59. The number of aromatic nitrogens is 1. The molecule has 0 aliphatic rings. The summed E-state index contributed by atoms with van der Waals surface area (Å²) in [6.07, 6.45) is 3.84. The highest BCUT2D eigenvalue weighted by Crippen LogP contribution is 2.20. The summed E-state index contributed by atoms with van der Waals surface area (Å²) >= 11 is 0. The number of methoxy groups -OCH3 is 1. The number of rotatable bonds is 6. The average Bonchev–Trinajstić information content (AvgIpc) is 2.54. The molecule has 0 bridgehead atoms. The molecule has 0 aliphatic carbocycles. The van der Waals surface area contributed by atoms with Crippen LogP contribution in [0.15, 0.2) is 48.8 Å². The number of para-hydroxylation sites is 1. The Hall–Kier alpha value is -2.40. The van der Waals surface area contributed by atoms with Crippen molar-refractivity contribution < 1.29 is 14.3 Å². The molecule has 2 N–H and O–H groups in total. The van der Waals surface area contributed by atoms with Crippen LogP contribution in [0.25, 0.3) is 0 Å². The molecule has 1 atom stereocenters. The van der Waals surface area contributed by atoms with Crippen LogP contribution in [0.3, 0.4) is 0 Å². The predicted molar refractivity (Wildman–Crippen MR) is 78.7 cm³/mol. The minimum Gasteiger partial charge on any atom is -0.489 e. The minimum atomic E-state index is -0.696. The van der Waals surface area contributed by atoms with Crippen molar-refractivity contribution in [3.8, 4) is 5.75 Å². The van der Waals surface area contributed by atoms with Crippen molar-refractivity contribution in [2.24, 2.45) is 5.73 Å². The number of ether oxygens (including phenoxy) is 2. The first-order chi connectivity index (χ1) is 10.2. The molecule has 5 nitrogen and oxygen atoms in total. The maximum Gasteiger partial charge on any atom is 0.322 e. The monoisotopic (exact) mass is 286 g/mol. The summed E-state index contributed by atoms with van der Waals surface area (Å²) in [5.41, 5.74) is 7.65. The number of carbonyl (C=O) groups excluding carboxylic acids is 1. The first kappa shape index (κ1) is 15.0. The summed E-state index contributed by atoms with van der Waals surface area (Å²) in [7, 11) is 1.33. The van der Waals surface area contributed by atoms with Crippen molar-refractivity contribution in [3.63, 3.8) is 0 Å². The average molecular weight is 286 g/mol. The Kier molecular flexibility index (Phi) is 5.29. The van der Waals surface area contributed by atoms with E-state index < -0.39 is 12.0 Å². The van der Waals surface area contributed by atoms with Gasteiger partial charge in [0.15, 0.2) is 0 Å². The fourth-order valence-corrected chi connectivity index (χ4v) is 1.93. The second-order valence-electron chi connectivity index (χ2n) is 4.59. The number of hydrogen-bond donors (Lipinski definition) is 1. The zero-order valence-corrected chi connectivity index (χ0v) is 11.9. The molecule has 0 radical (unpaired) electrons. The van der Waals surface area contributed by atoms with E-state index in [0.29, 0.717) is 18.8 Å². The molecule has 0 aliphatic heterocycles. The number of pyridine rings is 1. The lowest BCUT2D eigenvalue weighted by atomic mass is 10.1. The first-order valence-electron chi connectivity index (χ1n) is 6.63. The molecule has 0 saturated carbocycles. The van der Waals surface area contributed by atoms with Crippen LogP contribution < -0.4 is 10.5 Å². The summed E-state index contributed by atoms with van der Waals surface area (Å²) in [5, 5.41) is 0. The van der Waals surface area contributed by atoms with Crippen molar-refractivity contribution in [1.82, 2.24) is 4.98 Å². The van der Waals surface area contributed by atoms with Crippen LogP contribution in [0.1, 0.15) is 11.1 Å². The Morgan fingerprint density at radius 3 is 2.81 bits per heavy atom. The van der Waals surface area contributed by atoms with Crippen LogP contribution in [0.2, 0.25) is 0 Å². The number of benzene rings is 1. The standard InChI is InChI=1S/C16H18N2O3/c1-20-16(19)14(17)9-13-6-2-3-7-15(13)21-11-12-5-4-8-18-10-12/h2-8,10,14H,9,11,17H2,1H3. The molecule has 1 unspecified atom stereocenters. The molecule has 5 heteroatoms. The Morgan fingerprint density at radius 2 is 2.10 bits per heavy atom. The summed E-state index contributed by atoms with van der Waals surface area (Å²) < 4.78 is 10.4. The molecular formula is C16H18N2O3. The van der Waals surface area contributed by atoms with Crippen LogP contribution in [0.5, 0.6) is 5.75 Å². The van der Waals surface area contributed by atoms with Gasteiger partial charge in [0.1, 0.15) is 18.4 Å². The lowest BCUT2D eigenvalue weighted by molar-refractivity contribution is -0.142. The van der Waals surface area contributed by atoms with Crippen molar-refractivity contribution in [2.45, 2.75) is 19.1 Å². The SMILES string of the molecule is COC(=O)C(N)Cc1ccccc1OCc1cccnc1. The smallest absolute Gasteiger partial charge is 0.322 e. The van der Waals surface area contributed by atoms with Gasteiger partial charge in [0.2, 0.25) is 0 Å². The largest absolute Gasteiger partial charge is 0.489 e. The molecule has 0 saturated heterocycles. The van der Waals surface area contributed by atoms with E-state index >= 15 is 0 Å². The molecule has 0 spiro atoms. The second kappa shape index (κ2) is 7.40. The van der Waals surface area contributed by atoms with Gasteiger partial charge in [-0.2, -0.15) is 0 Å². The predicted octanol–water partition coefficient (Wildman–Crippen LogP) is 1.70. The molecule has 0 amide bonds. The van der Waals surface area contributed by atoms with E-state index in [1.54, 1.807) is 12.4 Å². The highest BCUT2D eigenvalue weighted by atomic mass is 16.5. The molecule has 21 heavy (non-hydrogen) atoms.